The molecule has 0 aliphatic carbocycles. The fraction of sp³-hybridized carbons (Fsp3) is 0.357. The first-order valence-corrected chi connectivity index (χ1v) is 7.04. The van der Waals surface area contributed by atoms with Crippen molar-refractivity contribution >= 4 is 11.3 Å². The van der Waals surface area contributed by atoms with E-state index in [0.717, 1.165) is 22.7 Å². The van der Waals surface area contributed by atoms with Gasteiger partial charge in [0.25, 0.3) is 5.56 Å². The summed E-state index contributed by atoms with van der Waals surface area (Å²) in [7, 11) is 3.48. The highest BCUT2D eigenvalue weighted by Gasteiger charge is 2.07. The van der Waals surface area contributed by atoms with E-state index >= 15 is 0 Å². The Morgan fingerprint density at radius 1 is 1.37 bits per heavy atom. The molecular weight excluding hydrogens is 260 g/mol. The molecular formula is C14H18N2O2S. The lowest BCUT2D eigenvalue weighted by molar-refractivity contribution is 0.199. The molecule has 2 aromatic heterocycles. The molecule has 0 amide bonds. The fourth-order valence-corrected chi connectivity index (χ4v) is 2.68. The third-order valence-corrected chi connectivity index (χ3v) is 3.85. The molecule has 102 valence electrons. The van der Waals surface area contributed by atoms with Crippen molar-refractivity contribution in [3.05, 3.63) is 45.6 Å². The minimum absolute atomic E-state index is 0.0517. The third-order valence-electron chi connectivity index (χ3n) is 2.96. The molecule has 4 nitrogen and oxygen atoms in total. The molecule has 0 bridgehead atoms. The highest BCUT2D eigenvalue weighted by molar-refractivity contribution is 7.13. The predicted molar refractivity (Wildman–Crippen MR) is 78.6 cm³/mol. The topological polar surface area (TPSA) is 43.3 Å². The third kappa shape index (κ3) is 3.32. The molecule has 0 fully saturated rings. The smallest absolute Gasteiger partial charge is 0.255 e. The maximum Gasteiger partial charge on any atom is 0.255 e. The zero-order chi connectivity index (χ0) is 13.7. The van der Waals surface area contributed by atoms with Gasteiger partial charge < -0.3 is 14.6 Å². The van der Waals surface area contributed by atoms with Gasteiger partial charge in [0.15, 0.2) is 0 Å². The van der Waals surface area contributed by atoms with Crippen LogP contribution in [0.3, 0.4) is 0 Å². The number of hydrogen-bond acceptors (Lipinski definition) is 4. The minimum Gasteiger partial charge on any atom is -0.383 e. The number of rotatable bonds is 6. The van der Waals surface area contributed by atoms with Crippen molar-refractivity contribution < 1.29 is 4.74 Å². The van der Waals surface area contributed by atoms with Gasteiger partial charge in [-0.15, -0.1) is 11.3 Å². The van der Waals surface area contributed by atoms with Crippen LogP contribution in [-0.2, 0) is 18.3 Å². The molecule has 2 rings (SSSR count). The van der Waals surface area contributed by atoms with Gasteiger partial charge in [0.1, 0.15) is 0 Å². The molecule has 0 saturated heterocycles. The highest BCUT2D eigenvalue weighted by Crippen LogP contribution is 2.22. The zero-order valence-electron chi connectivity index (χ0n) is 11.2. The van der Waals surface area contributed by atoms with Crippen LogP contribution in [0.25, 0.3) is 10.6 Å². The second kappa shape index (κ2) is 6.65. The molecule has 2 heterocycles. The summed E-state index contributed by atoms with van der Waals surface area (Å²) in [6.07, 6.45) is 0. The second-order valence-corrected chi connectivity index (χ2v) is 5.20. The Labute approximate surface area is 116 Å². The van der Waals surface area contributed by atoms with E-state index in [1.165, 1.54) is 0 Å². The van der Waals surface area contributed by atoms with Gasteiger partial charge in [-0.3, -0.25) is 4.79 Å². The van der Waals surface area contributed by atoms with Gasteiger partial charge >= 0.3 is 0 Å². The van der Waals surface area contributed by atoms with E-state index in [1.807, 2.05) is 36.7 Å². The van der Waals surface area contributed by atoms with Gasteiger partial charge in [0.2, 0.25) is 0 Å². The van der Waals surface area contributed by atoms with Crippen LogP contribution in [0.15, 0.2) is 34.4 Å². The van der Waals surface area contributed by atoms with Crippen molar-refractivity contribution in [2.75, 3.05) is 20.3 Å². The minimum atomic E-state index is 0.0517. The summed E-state index contributed by atoms with van der Waals surface area (Å²) in [5.74, 6) is 0. The summed E-state index contributed by atoms with van der Waals surface area (Å²) in [4.78, 5) is 13.4. The quantitative estimate of drug-likeness (QED) is 0.820. The number of methoxy groups -OCH3 is 1. The molecule has 2 aromatic rings. The van der Waals surface area contributed by atoms with E-state index in [2.05, 4.69) is 5.32 Å². The molecule has 0 spiro atoms. The predicted octanol–water partition coefficient (Wildman–Crippen LogP) is 1.85. The molecule has 0 atom stereocenters. The van der Waals surface area contributed by atoms with Crippen molar-refractivity contribution in [2.45, 2.75) is 6.54 Å². The average Bonchev–Trinajstić information content (AvgIpc) is 2.93. The molecule has 1 N–H and O–H groups in total. The molecule has 19 heavy (non-hydrogen) atoms. The van der Waals surface area contributed by atoms with Crippen LogP contribution >= 0.6 is 11.3 Å². The van der Waals surface area contributed by atoms with Crippen LogP contribution in [0.4, 0.5) is 0 Å². The van der Waals surface area contributed by atoms with Crippen LogP contribution in [0.2, 0.25) is 0 Å². The normalized spacial score (nSPS) is 10.8. The maximum atomic E-state index is 12.2. The van der Waals surface area contributed by atoms with Gasteiger partial charge in [-0.2, -0.15) is 0 Å². The molecule has 0 aliphatic heterocycles. The van der Waals surface area contributed by atoms with Crippen LogP contribution in [0.5, 0.6) is 0 Å². The van der Waals surface area contributed by atoms with Crippen LogP contribution in [-0.4, -0.2) is 24.8 Å². The first-order chi connectivity index (χ1) is 9.24. The maximum absolute atomic E-state index is 12.2. The zero-order valence-corrected chi connectivity index (χ0v) is 12.0. The molecule has 0 aliphatic rings. The highest BCUT2D eigenvalue weighted by atomic mass is 32.1. The van der Waals surface area contributed by atoms with E-state index in [0.29, 0.717) is 13.2 Å². The SMILES string of the molecule is COCCNCc1ccc(-c2cccs2)n(C)c1=O. The van der Waals surface area contributed by atoms with Crippen molar-refractivity contribution in [2.24, 2.45) is 7.05 Å². The van der Waals surface area contributed by atoms with Gasteiger partial charge in [-0.05, 0) is 17.5 Å². The summed E-state index contributed by atoms with van der Waals surface area (Å²) in [5, 5.41) is 5.20. The first-order valence-electron chi connectivity index (χ1n) is 6.16. The van der Waals surface area contributed by atoms with Gasteiger partial charge in [-0.25, -0.2) is 0 Å². The molecule has 0 unspecified atom stereocenters. The van der Waals surface area contributed by atoms with E-state index in [4.69, 9.17) is 4.74 Å². The first kappa shape index (κ1) is 14.0. The number of pyridine rings is 1. The Hall–Kier alpha value is -1.43. The Morgan fingerprint density at radius 3 is 2.89 bits per heavy atom. The average molecular weight is 278 g/mol. The van der Waals surface area contributed by atoms with Crippen LogP contribution < -0.4 is 10.9 Å². The second-order valence-electron chi connectivity index (χ2n) is 4.25. The summed E-state index contributed by atoms with van der Waals surface area (Å²) >= 11 is 1.64. The number of thiophene rings is 1. The lowest BCUT2D eigenvalue weighted by Crippen LogP contribution is -2.27. The van der Waals surface area contributed by atoms with E-state index < -0.39 is 0 Å². The molecule has 0 saturated carbocycles. The largest absolute Gasteiger partial charge is 0.383 e. The van der Waals surface area contributed by atoms with Gasteiger partial charge in [0, 0.05) is 32.8 Å². The Bertz CT molecular complexity index is 576. The Morgan fingerprint density at radius 2 is 2.21 bits per heavy atom. The van der Waals surface area contributed by atoms with Crippen molar-refractivity contribution in [3.8, 4) is 10.6 Å². The number of nitrogens with one attached hydrogen (secondary N) is 1. The summed E-state index contributed by atoms with van der Waals surface area (Å²) < 4.78 is 6.66. The lowest BCUT2D eigenvalue weighted by atomic mass is 10.2. The van der Waals surface area contributed by atoms with Crippen LogP contribution in [0.1, 0.15) is 5.56 Å². The lowest BCUT2D eigenvalue weighted by Gasteiger charge is -2.09. The summed E-state index contributed by atoms with van der Waals surface area (Å²) in [6, 6.07) is 7.92. The number of aromatic nitrogens is 1. The molecule has 5 heteroatoms. The summed E-state index contributed by atoms with van der Waals surface area (Å²) in [6.45, 7) is 1.96. The number of hydrogen-bond donors (Lipinski definition) is 1. The Kier molecular flexibility index (Phi) is 4.90. The molecule has 0 radical (unpaired) electrons. The number of nitrogens with zero attached hydrogens (tertiary/aromatic N) is 1. The standard InChI is InChI=1S/C14H18N2O2S/c1-16-12(13-4-3-9-19-13)6-5-11(14(16)17)10-15-7-8-18-2/h3-6,9,15H,7-8,10H2,1-2H3. The molecule has 0 aromatic carbocycles. The monoisotopic (exact) mass is 278 g/mol. The van der Waals surface area contributed by atoms with Crippen molar-refractivity contribution in [3.63, 3.8) is 0 Å². The van der Waals surface area contributed by atoms with Crippen LogP contribution in [0, 0.1) is 0 Å². The number of ether oxygens (including phenoxy) is 1. The Balaban J connectivity index is 2.16. The van der Waals surface area contributed by atoms with E-state index in [1.54, 1.807) is 23.0 Å². The van der Waals surface area contributed by atoms with Gasteiger partial charge in [-0.1, -0.05) is 12.1 Å². The fourth-order valence-electron chi connectivity index (χ4n) is 1.89. The van der Waals surface area contributed by atoms with Gasteiger partial charge in [0.05, 0.1) is 17.2 Å². The van der Waals surface area contributed by atoms with E-state index in [9.17, 15) is 4.79 Å². The van der Waals surface area contributed by atoms with Crippen molar-refractivity contribution in [1.29, 1.82) is 0 Å². The van der Waals surface area contributed by atoms with Crippen molar-refractivity contribution in [1.82, 2.24) is 9.88 Å². The summed E-state index contributed by atoms with van der Waals surface area (Å²) in [5.41, 5.74) is 1.79. The van der Waals surface area contributed by atoms with E-state index in [-0.39, 0.29) is 5.56 Å².